The van der Waals surface area contributed by atoms with Crippen molar-refractivity contribution in [2.75, 3.05) is 0 Å². The van der Waals surface area contributed by atoms with E-state index in [9.17, 15) is 0 Å². The van der Waals surface area contributed by atoms with E-state index in [1.807, 2.05) is 6.92 Å². The van der Waals surface area contributed by atoms with Crippen molar-refractivity contribution in [1.29, 1.82) is 0 Å². The van der Waals surface area contributed by atoms with Crippen LogP contribution in [0.15, 0.2) is 0 Å². The van der Waals surface area contributed by atoms with E-state index in [0.29, 0.717) is 0 Å². The zero-order chi connectivity index (χ0) is 5.98. The highest BCUT2D eigenvalue weighted by Gasteiger charge is 2.15. The van der Waals surface area contributed by atoms with Crippen LogP contribution in [0.1, 0.15) is 26.2 Å². The molecule has 0 saturated carbocycles. The fourth-order valence-electron chi connectivity index (χ4n) is 0.984. The van der Waals surface area contributed by atoms with Crippen molar-refractivity contribution in [3.05, 3.63) is 0 Å². The SMILES string of the molecule is CC1CCC[C@@H](O)O1. The van der Waals surface area contributed by atoms with E-state index in [-0.39, 0.29) is 6.10 Å². The quantitative estimate of drug-likeness (QED) is 0.509. The molecule has 0 radical (unpaired) electrons. The van der Waals surface area contributed by atoms with Gasteiger partial charge in [-0.05, 0) is 26.2 Å². The average Bonchev–Trinajstić information content (AvgIpc) is 1.64. The van der Waals surface area contributed by atoms with Gasteiger partial charge >= 0.3 is 0 Å². The second kappa shape index (κ2) is 2.46. The maximum Gasteiger partial charge on any atom is 0.154 e. The third kappa shape index (κ3) is 1.46. The molecule has 48 valence electrons. The van der Waals surface area contributed by atoms with Gasteiger partial charge in [0.25, 0.3) is 0 Å². The first-order valence-electron chi connectivity index (χ1n) is 3.12. The van der Waals surface area contributed by atoms with Gasteiger partial charge in [-0.15, -0.1) is 0 Å². The summed E-state index contributed by atoms with van der Waals surface area (Å²) in [5.74, 6) is 0. The molecule has 1 unspecified atom stereocenters. The monoisotopic (exact) mass is 116 g/mol. The number of ether oxygens (including phenoxy) is 1. The van der Waals surface area contributed by atoms with E-state index < -0.39 is 6.29 Å². The molecule has 0 bridgehead atoms. The lowest BCUT2D eigenvalue weighted by Crippen LogP contribution is -2.24. The average molecular weight is 116 g/mol. The summed E-state index contributed by atoms with van der Waals surface area (Å²) in [5, 5.41) is 8.86. The maximum absolute atomic E-state index is 8.86. The molecule has 1 N–H and O–H groups in total. The molecule has 2 atom stereocenters. The van der Waals surface area contributed by atoms with Crippen LogP contribution in [0.25, 0.3) is 0 Å². The smallest absolute Gasteiger partial charge is 0.154 e. The third-order valence-corrected chi connectivity index (χ3v) is 1.45. The normalized spacial score (nSPS) is 39.8. The zero-order valence-corrected chi connectivity index (χ0v) is 5.13. The fourth-order valence-corrected chi connectivity index (χ4v) is 0.984. The Morgan fingerprint density at radius 2 is 2.25 bits per heavy atom. The largest absolute Gasteiger partial charge is 0.368 e. The standard InChI is InChI=1S/C6H12O2/c1-5-3-2-4-6(7)8-5/h5-7H,2-4H2,1H3/t5?,6-/m0/s1. The van der Waals surface area contributed by atoms with Crippen molar-refractivity contribution in [2.45, 2.75) is 38.6 Å². The van der Waals surface area contributed by atoms with Crippen molar-refractivity contribution in [1.82, 2.24) is 0 Å². The van der Waals surface area contributed by atoms with E-state index in [2.05, 4.69) is 0 Å². The molecule has 0 aliphatic carbocycles. The molecule has 2 heteroatoms. The van der Waals surface area contributed by atoms with Gasteiger partial charge in [-0.1, -0.05) is 0 Å². The Kier molecular flexibility index (Phi) is 1.86. The van der Waals surface area contributed by atoms with Crippen molar-refractivity contribution >= 4 is 0 Å². The van der Waals surface area contributed by atoms with Gasteiger partial charge in [0.15, 0.2) is 6.29 Å². The van der Waals surface area contributed by atoms with Gasteiger partial charge in [-0.2, -0.15) is 0 Å². The van der Waals surface area contributed by atoms with E-state index in [4.69, 9.17) is 9.84 Å². The molecule has 0 amide bonds. The molecule has 0 aromatic carbocycles. The second-order valence-electron chi connectivity index (χ2n) is 2.33. The van der Waals surface area contributed by atoms with Crippen molar-refractivity contribution < 1.29 is 9.84 Å². The minimum atomic E-state index is -0.487. The van der Waals surface area contributed by atoms with Crippen LogP contribution < -0.4 is 0 Å². The lowest BCUT2D eigenvalue weighted by molar-refractivity contribution is -0.156. The summed E-state index contributed by atoms with van der Waals surface area (Å²) in [4.78, 5) is 0. The van der Waals surface area contributed by atoms with Crippen molar-refractivity contribution in [3.8, 4) is 0 Å². The highest BCUT2D eigenvalue weighted by molar-refractivity contribution is 4.59. The maximum atomic E-state index is 8.86. The van der Waals surface area contributed by atoms with Crippen LogP contribution in [0.5, 0.6) is 0 Å². The van der Waals surface area contributed by atoms with Crippen LogP contribution in [0.2, 0.25) is 0 Å². The molecule has 2 nitrogen and oxygen atoms in total. The zero-order valence-electron chi connectivity index (χ0n) is 5.13. The Labute approximate surface area is 49.5 Å². The summed E-state index contributed by atoms with van der Waals surface area (Å²) in [6, 6.07) is 0. The molecule has 1 aliphatic rings. The molecule has 8 heavy (non-hydrogen) atoms. The van der Waals surface area contributed by atoms with Gasteiger partial charge in [0.05, 0.1) is 6.10 Å². The topological polar surface area (TPSA) is 29.5 Å². The Bertz CT molecular complexity index is 64.9. The van der Waals surface area contributed by atoms with Crippen LogP contribution >= 0.6 is 0 Å². The number of aliphatic hydroxyl groups is 1. The molecule has 1 aliphatic heterocycles. The van der Waals surface area contributed by atoms with Crippen LogP contribution in [0, 0.1) is 0 Å². The minimum absolute atomic E-state index is 0.263. The van der Waals surface area contributed by atoms with Gasteiger partial charge in [0.2, 0.25) is 0 Å². The fraction of sp³-hybridized carbons (Fsp3) is 1.00. The highest BCUT2D eigenvalue weighted by atomic mass is 16.6. The molecule has 0 aromatic heterocycles. The lowest BCUT2D eigenvalue weighted by atomic mass is 10.1. The predicted octanol–water partition coefficient (Wildman–Crippen LogP) is 0.894. The first-order valence-corrected chi connectivity index (χ1v) is 3.12. The van der Waals surface area contributed by atoms with E-state index in [1.54, 1.807) is 0 Å². The lowest BCUT2D eigenvalue weighted by Gasteiger charge is -2.23. The molecule has 1 saturated heterocycles. The van der Waals surface area contributed by atoms with Gasteiger partial charge < -0.3 is 9.84 Å². The van der Waals surface area contributed by atoms with Crippen LogP contribution in [-0.2, 0) is 4.74 Å². The van der Waals surface area contributed by atoms with Crippen molar-refractivity contribution in [3.63, 3.8) is 0 Å². The van der Waals surface area contributed by atoms with E-state index in [1.165, 1.54) is 0 Å². The molecule has 0 aromatic rings. The number of hydrogen-bond donors (Lipinski definition) is 1. The minimum Gasteiger partial charge on any atom is -0.368 e. The molecule has 0 spiro atoms. The molecule has 1 rings (SSSR count). The molecular formula is C6H12O2. The summed E-state index contributed by atoms with van der Waals surface area (Å²) in [6.07, 6.45) is 2.78. The number of hydrogen-bond acceptors (Lipinski definition) is 2. The Hall–Kier alpha value is -0.0800. The van der Waals surface area contributed by atoms with Crippen LogP contribution in [0.3, 0.4) is 0 Å². The van der Waals surface area contributed by atoms with Crippen molar-refractivity contribution in [2.24, 2.45) is 0 Å². The van der Waals surface area contributed by atoms with Gasteiger partial charge in [0, 0.05) is 0 Å². The first-order chi connectivity index (χ1) is 3.79. The van der Waals surface area contributed by atoms with Crippen LogP contribution in [0.4, 0.5) is 0 Å². The van der Waals surface area contributed by atoms with Gasteiger partial charge in [-0.25, -0.2) is 0 Å². The van der Waals surface area contributed by atoms with Gasteiger partial charge in [-0.3, -0.25) is 0 Å². The number of rotatable bonds is 0. The summed E-state index contributed by atoms with van der Waals surface area (Å²) >= 11 is 0. The Morgan fingerprint density at radius 3 is 2.62 bits per heavy atom. The highest BCUT2D eigenvalue weighted by Crippen LogP contribution is 2.15. The molecular weight excluding hydrogens is 104 g/mol. The Balaban J connectivity index is 2.23. The number of aliphatic hydroxyl groups excluding tert-OH is 1. The van der Waals surface area contributed by atoms with E-state index in [0.717, 1.165) is 19.3 Å². The molecule has 1 fully saturated rings. The predicted molar refractivity (Wildman–Crippen MR) is 30.4 cm³/mol. The first kappa shape index (κ1) is 6.05. The van der Waals surface area contributed by atoms with Crippen LogP contribution in [-0.4, -0.2) is 17.5 Å². The van der Waals surface area contributed by atoms with Gasteiger partial charge in [0.1, 0.15) is 0 Å². The van der Waals surface area contributed by atoms with E-state index >= 15 is 0 Å². The summed E-state index contributed by atoms with van der Waals surface area (Å²) in [5.41, 5.74) is 0. The third-order valence-electron chi connectivity index (χ3n) is 1.45. The summed E-state index contributed by atoms with van der Waals surface area (Å²) < 4.78 is 5.04. The Morgan fingerprint density at radius 1 is 1.50 bits per heavy atom. The second-order valence-corrected chi connectivity index (χ2v) is 2.33. The molecule has 1 heterocycles. The summed E-state index contributed by atoms with van der Waals surface area (Å²) in [6.45, 7) is 1.99. The summed E-state index contributed by atoms with van der Waals surface area (Å²) in [7, 11) is 0.